The van der Waals surface area contributed by atoms with Crippen LogP contribution in [0.15, 0.2) is 86.3 Å². The molecule has 1 aliphatic heterocycles. The van der Waals surface area contributed by atoms with Gasteiger partial charge in [-0.05, 0) is 78.3 Å². The molecule has 1 saturated heterocycles. The predicted molar refractivity (Wildman–Crippen MR) is 177 cm³/mol. The van der Waals surface area contributed by atoms with Gasteiger partial charge in [-0.1, -0.05) is 81.6 Å². The van der Waals surface area contributed by atoms with Crippen LogP contribution >= 0.6 is 23.5 Å². The molecule has 2 heterocycles. The van der Waals surface area contributed by atoms with Crippen LogP contribution in [0.3, 0.4) is 0 Å². The Bertz CT molecular complexity index is 1700. The summed E-state index contributed by atoms with van der Waals surface area (Å²) in [5, 5.41) is 10.9. The minimum absolute atomic E-state index is 0.0180. The molecule has 0 amide bonds. The highest BCUT2D eigenvalue weighted by Gasteiger charge is 2.31. The molecule has 0 spiro atoms. The van der Waals surface area contributed by atoms with Gasteiger partial charge in [0.2, 0.25) is 0 Å². The zero-order valence-electron chi connectivity index (χ0n) is 25.5. The van der Waals surface area contributed by atoms with E-state index in [1.165, 1.54) is 22.9 Å². The van der Waals surface area contributed by atoms with Crippen molar-refractivity contribution in [1.29, 1.82) is 0 Å². The quantitative estimate of drug-likeness (QED) is 0.186. The van der Waals surface area contributed by atoms with E-state index in [1.54, 1.807) is 17.8 Å². The molecule has 6 rings (SSSR count). The van der Waals surface area contributed by atoms with Crippen molar-refractivity contribution >= 4 is 46.5 Å². The smallest absolute Gasteiger partial charge is 0.309 e. The van der Waals surface area contributed by atoms with Crippen molar-refractivity contribution in [2.24, 2.45) is 0 Å². The van der Waals surface area contributed by atoms with Gasteiger partial charge in [0.25, 0.3) is 0 Å². The predicted octanol–water partition coefficient (Wildman–Crippen LogP) is 9.88. The van der Waals surface area contributed by atoms with Gasteiger partial charge in [-0.15, -0.1) is 0 Å². The highest BCUT2D eigenvalue weighted by Crippen LogP contribution is 2.47. The molecule has 1 aliphatic carbocycles. The molecule has 1 saturated carbocycles. The molecule has 4 aromatic rings. The van der Waals surface area contributed by atoms with Crippen molar-refractivity contribution in [1.82, 2.24) is 4.98 Å². The summed E-state index contributed by atoms with van der Waals surface area (Å²) in [6.45, 7) is 8.68. The van der Waals surface area contributed by atoms with Crippen LogP contribution in [0.1, 0.15) is 93.5 Å². The van der Waals surface area contributed by atoms with E-state index < -0.39 is 18.2 Å². The normalized spacial score (nSPS) is 19.0. The van der Waals surface area contributed by atoms with Gasteiger partial charge in [-0.25, -0.2) is 4.39 Å². The third-order valence-corrected chi connectivity index (χ3v) is 10.4. The Morgan fingerprint density at radius 2 is 1.55 bits per heavy atom. The van der Waals surface area contributed by atoms with Gasteiger partial charge in [0.15, 0.2) is 0 Å². The molecule has 1 N–H and O–H groups in total. The molecule has 0 bridgehead atoms. The van der Waals surface area contributed by atoms with Gasteiger partial charge in [0.05, 0.1) is 28.6 Å². The molecule has 2 aliphatic rings. The number of aromatic nitrogens is 1. The standard InChI is InChI=1S/C37H38FNO3S2/c1-21(2)23-7-12-28(13-8-23)43-34-20-33-31(19-32(34)38)37(44-29-14-9-24(10-15-29)22(3)4)30(36(39-33)25-5-6-25)16-11-27-17-26(40)18-35(41)42-27/h7-16,19-22,25-27,40H,5-6,17-18H2,1-4H3/b16-11+/t26-,27-/m1/s1. The molecule has 228 valence electrons. The van der Waals surface area contributed by atoms with Gasteiger partial charge in [-0.3, -0.25) is 9.78 Å². The Kier molecular flexibility index (Phi) is 9.18. The van der Waals surface area contributed by atoms with E-state index in [-0.39, 0.29) is 12.2 Å². The third kappa shape index (κ3) is 7.06. The Morgan fingerprint density at radius 3 is 2.11 bits per heavy atom. The largest absolute Gasteiger partial charge is 0.458 e. The first-order chi connectivity index (χ1) is 21.1. The molecule has 2 atom stereocenters. The number of aliphatic hydroxyl groups is 1. The van der Waals surface area contributed by atoms with Gasteiger partial charge >= 0.3 is 5.97 Å². The summed E-state index contributed by atoms with van der Waals surface area (Å²) < 4.78 is 21.4. The van der Waals surface area contributed by atoms with Crippen LogP contribution in [0, 0.1) is 5.82 Å². The molecule has 4 nitrogen and oxygen atoms in total. The summed E-state index contributed by atoms with van der Waals surface area (Å²) >= 11 is 3.03. The second-order valence-electron chi connectivity index (χ2n) is 12.4. The second-order valence-corrected chi connectivity index (χ2v) is 14.6. The first-order valence-electron chi connectivity index (χ1n) is 15.4. The fraction of sp³-hybridized carbons (Fsp3) is 0.351. The number of carbonyl (C=O) groups is 1. The van der Waals surface area contributed by atoms with Gasteiger partial charge in [0, 0.05) is 38.0 Å². The van der Waals surface area contributed by atoms with E-state index in [9.17, 15) is 9.90 Å². The number of esters is 1. The average Bonchev–Trinajstić information content (AvgIpc) is 3.83. The minimum atomic E-state index is -0.719. The lowest BCUT2D eigenvalue weighted by molar-refractivity contribution is -0.156. The molecule has 7 heteroatoms. The first kappa shape index (κ1) is 30.9. The highest BCUT2D eigenvalue weighted by atomic mass is 32.2. The number of benzene rings is 3. The summed E-state index contributed by atoms with van der Waals surface area (Å²) in [7, 11) is 0. The van der Waals surface area contributed by atoms with Crippen LogP contribution < -0.4 is 0 Å². The number of aliphatic hydroxyl groups excluding tert-OH is 1. The lowest BCUT2D eigenvalue weighted by atomic mass is 10.0. The monoisotopic (exact) mass is 627 g/mol. The minimum Gasteiger partial charge on any atom is -0.458 e. The van der Waals surface area contributed by atoms with Crippen LogP contribution in [0.4, 0.5) is 4.39 Å². The summed E-state index contributed by atoms with van der Waals surface area (Å²) in [6.07, 6.45) is 5.06. The molecule has 1 aromatic heterocycles. The van der Waals surface area contributed by atoms with Crippen molar-refractivity contribution in [3.8, 4) is 0 Å². The molecular formula is C37H38FNO3S2. The SMILES string of the molecule is CC(C)c1ccc(Sc2cc3nc(C4CC4)c(/C=C/[C@@H]4C[C@@H](O)CC(=O)O4)c(Sc4ccc(C(C)C)cc4)c3cc2F)cc1. The summed E-state index contributed by atoms with van der Waals surface area (Å²) in [6, 6.07) is 20.4. The number of hydrogen-bond acceptors (Lipinski definition) is 6. The Balaban J connectivity index is 1.44. The molecular weight excluding hydrogens is 590 g/mol. The highest BCUT2D eigenvalue weighted by molar-refractivity contribution is 7.99. The Morgan fingerprint density at radius 1 is 0.932 bits per heavy atom. The van der Waals surface area contributed by atoms with Gasteiger partial charge in [-0.2, -0.15) is 0 Å². The lowest BCUT2D eigenvalue weighted by Gasteiger charge is -2.23. The number of hydrogen-bond donors (Lipinski definition) is 1. The van der Waals surface area contributed by atoms with Crippen LogP contribution in [0.2, 0.25) is 0 Å². The molecule has 44 heavy (non-hydrogen) atoms. The van der Waals surface area contributed by atoms with Crippen molar-refractivity contribution in [3.63, 3.8) is 0 Å². The Labute approximate surface area is 267 Å². The number of pyridine rings is 1. The number of ether oxygens (including phenoxy) is 1. The topological polar surface area (TPSA) is 59.4 Å². The fourth-order valence-electron chi connectivity index (χ4n) is 5.50. The number of halogens is 1. The zero-order valence-corrected chi connectivity index (χ0v) is 27.2. The number of carbonyl (C=O) groups excluding carboxylic acids is 1. The van der Waals surface area contributed by atoms with E-state index in [4.69, 9.17) is 9.72 Å². The van der Waals surface area contributed by atoms with Crippen molar-refractivity contribution < 1.29 is 19.0 Å². The Hall–Kier alpha value is -3.13. The maximum absolute atomic E-state index is 15.9. The maximum Gasteiger partial charge on any atom is 0.309 e. The number of fused-ring (bicyclic) bond motifs is 1. The third-order valence-electron chi connectivity index (χ3n) is 8.23. The number of nitrogens with zero attached hydrogens (tertiary/aromatic N) is 1. The van der Waals surface area contributed by atoms with Crippen molar-refractivity contribution in [3.05, 3.63) is 94.9 Å². The van der Waals surface area contributed by atoms with Crippen LogP contribution in [0.5, 0.6) is 0 Å². The van der Waals surface area contributed by atoms with Crippen LogP contribution in [-0.2, 0) is 9.53 Å². The van der Waals surface area contributed by atoms with Crippen LogP contribution in [-0.4, -0.2) is 28.3 Å². The first-order valence-corrected chi connectivity index (χ1v) is 17.1. The molecule has 0 unspecified atom stereocenters. The summed E-state index contributed by atoms with van der Waals surface area (Å²) in [5.74, 6) is 0.505. The molecule has 0 radical (unpaired) electrons. The average molecular weight is 628 g/mol. The van der Waals surface area contributed by atoms with E-state index in [1.807, 2.05) is 18.2 Å². The summed E-state index contributed by atoms with van der Waals surface area (Å²) in [5.41, 5.74) is 5.21. The lowest BCUT2D eigenvalue weighted by Crippen LogP contribution is -2.31. The van der Waals surface area contributed by atoms with Gasteiger partial charge in [0.1, 0.15) is 11.9 Å². The van der Waals surface area contributed by atoms with Crippen molar-refractivity contribution in [2.75, 3.05) is 0 Å². The van der Waals surface area contributed by atoms with Crippen LogP contribution in [0.25, 0.3) is 17.0 Å². The summed E-state index contributed by atoms with van der Waals surface area (Å²) in [4.78, 5) is 20.7. The van der Waals surface area contributed by atoms with E-state index in [2.05, 4.69) is 76.2 Å². The zero-order chi connectivity index (χ0) is 31.0. The molecule has 3 aromatic carbocycles. The van der Waals surface area contributed by atoms with E-state index in [0.29, 0.717) is 29.1 Å². The fourth-order valence-corrected chi connectivity index (χ4v) is 7.42. The van der Waals surface area contributed by atoms with Crippen molar-refractivity contribution in [2.45, 2.75) is 103 Å². The van der Waals surface area contributed by atoms with E-state index >= 15 is 4.39 Å². The van der Waals surface area contributed by atoms with E-state index in [0.717, 1.165) is 49.7 Å². The number of rotatable bonds is 9. The second kappa shape index (κ2) is 13.1. The van der Waals surface area contributed by atoms with Gasteiger partial charge < -0.3 is 9.84 Å². The molecule has 2 fully saturated rings. The maximum atomic E-state index is 15.9. The number of cyclic esters (lactones) is 1.